The van der Waals surface area contributed by atoms with Crippen molar-refractivity contribution in [3.8, 4) is 0 Å². The molecular weight excluding hydrogens is 365 g/mol. The molecule has 0 aromatic heterocycles. The Balaban J connectivity index is 2.26. The lowest BCUT2D eigenvalue weighted by atomic mass is 9.77. The van der Waals surface area contributed by atoms with Crippen molar-refractivity contribution >= 4 is 24.9 Å². The quantitative estimate of drug-likeness (QED) is 0.687. The van der Waals surface area contributed by atoms with Crippen molar-refractivity contribution in [3.05, 3.63) is 47.4 Å². The second-order valence-electron chi connectivity index (χ2n) is 9.57. The summed E-state index contributed by atoms with van der Waals surface area (Å²) in [5, 5.41) is 2.82. The molecule has 0 atom stereocenters. The van der Waals surface area contributed by atoms with Crippen LogP contribution in [0.4, 0.5) is 4.79 Å². The Morgan fingerprint density at radius 1 is 1.14 bits per heavy atom. The molecule has 1 heterocycles. The lowest BCUT2D eigenvalue weighted by Crippen LogP contribution is -2.41. The molecule has 6 heteroatoms. The summed E-state index contributed by atoms with van der Waals surface area (Å²) in [6.45, 7) is 19.7. The molecule has 1 aromatic carbocycles. The molecule has 0 aliphatic carbocycles. The molecule has 0 spiro atoms. The van der Waals surface area contributed by atoms with Crippen molar-refractivity contribution < 1.29 is 18.8 Å². The van der Waals surface area contributed by atoms with Crippen LogP contribution in [-0.4, -0.2) is 36.6 Å². The van der Waals surface area contributed by atoms with Gasteiger partial charge in [-0.1, -0.05) is 42.5 Å². The first-order valence-corrected chi connectivity index (χ1v) is 9.99. The highest BCUT2D eigenvalue weighted by Gasteiger charge is 2.52. The van der Waals surface area contributed by atoms with Gasteiger partial charge in [0, 0.05) is 6.54 Å². The van der Waals surface area contributed by atoms with Crippen LogP contribution in [0.25, 0.3) is 11.6 Å². The van der Waals surface area contributed by atoms with E-state index in [9.17, 15) is 4.79 Å². The molecule has 1 aliphatic heterocycles. The van der Waals surface area contributed by atoms with Gasteiger partial charge in [0.05, 0.1) is 11.2 Å². The Morgan fingerprint density at radius 3 is 2.10 bits per heavy atom. The predicted molar refractivity (Wildman–Crippen MR) is 119 cm³/mol. The van der Waals surface area contributed by atoms with Crippen LogP contribution in [0.3, 0.4) is 0 Å². The first-order valence-electron chi connectivity index (χ1n) is 9.99. The average Bonchev–Trinajstić information content (AvgIpc) is 2.78. The SMILES string of the molecule is C=C(C)c1ccc(C=C(CNC(=O)OC(C)(C)C)B2OC(C)(C)C(C)(C)O2)cc1. The topological polar surface area (TPSA) is 56.8 Å². The number of benzene rings is 1. The van der Waals surface area contributed by atoms with E-state index >= 15 is 0 Å². The van der Waals surface area contributed by atoms with Gasteiger partial charge >= 0.3 is 13.2 Å². The third kappa shape index (κ3) is 6.21. The molecule has 0 saturated carbocycles. The molecule has 1 fully saturated rings. The molecule has 0 bridgehead atoms. The number of hydrogen-bond acceptors (Lipinski definition) is 4. The minimum absolute atomic E-state index is 0.258. The van der Waals surface area contributed by atoms with Crippen LogP contribution in [0, 0.1) is 0 Å². The maximum absolute atomic E-state index is 12.2. The normalized spacial score (nSPS) is 18.5. The van der Waals surface area contributed by atoms with Gasteiger partial charge in [-0.2, -0.15) is 0 Å². The number of nitrogens with one attached hydrogen (secondary N) is 1. The van der Waals surface area contributed by atoms with E-state index in [0.717, 1.165) is 22.2 Å². The average molecular weight is 399 g/mol. The van der Waals surface area contributed by atoms with Gasteiger partial charge < -0.3 is 19.4 Å². The highest BCUT2D eigenvalue weighted by Crippen LogP contribution is 2.38. The molecule has 1 amide bonds. The molecular formula is C23H34BNO4. The van der Waals surface area contributed by atoms with E-state index in [2.05, 4.69) is 11.9 Å². The van der Waals surface area contributed by atoms with Crippen LogP contribution in [0.5, 0.6) is 0 Å². The monoisotopic (exact) mass is 399 g/mol. The van der Waals surface area contributed by atoms with Crippen molar-refractivity contribution in [1.82, 2.24) is 5.32 Å². The van der Waals surface area contributed by atoms with Gasteiger partial charge in [-0.25, -0.2) is 4.79 Å². The molecule has 158 valence electrons. The lowest BCUT2D eigenvalue weighted by Gasteiger charge is -2.32. The zero-order chi connectivity index (χ0) is 22.0. The fraction of sp³-hybridized carbons (Fsp3) is 0.522. The van der Waals surface area contributed by atoms with Gasteiger partial charge in [0.15, 0.2) is 0 Å². The summed E-state index contributed by atoms with van der Waals surface area (Å²) in [6, 6.07) is 8.08. The molecule has 29 heavy (non-hydrogen) atoms. The maximum atomic E-state index is 12.2. The zero-order valence-electron chi connectivity index (χ0n) is 19.0. The van der Waals surface area contributed by atoms with Crippen LogP contribution in [0.1, 0.15) is 66.5 Å². The number of amides is 1. The molecule has 0 unspecified atom stereocenters. The van der Waals surface area contributed by atoms with E-state index < -0.39 is 30.0 Å². The highest BCUT2D eigenvalue weighted by molar-refractivity contribution is 6.56. The second-order valence-corrected chi connectivity index (χ2v) is 9.57. The van der Waals surface area contributed by atoms with E-state index in [0.29, 0.717) is 0 Å². The highest BCUT2D eigenvalue weighted by atomic mass is 16.7. The van der Waals surface area contributed by atoms with Gasteiger partial charge in [-0.3, -0.25) is 0 Å². The standard InChI is InChI=1S/C23H34BNO4/c1-16(2)18-12-10-17(11-13-18)14-19(15-25-20(26)27-21(3,4)5)24-28-22(6,7)23(8,9)29-24/h10-14H,1,15H2,2-9H3,(H,25,26). The number of carbonyl (C=O) groups excluding carboxylic acids is 1. The van der Waals surface area contributed by atoms with E-state index in [1.807, 2.05) is 85.7 Å². The molecule has 0 radical (unpaired) electrons. The predicted octanol–water partition coefficient (Wildman–Crippen LogP) is 5.26. The third-order valence-electron chi connectivity index (χ3n) is 5.15. The van der Waals surface area contributed by atoms with Crippen LogP contribution >= 0.6 is 0 Å². The molecule has 1 aliphatic rings. The largest absolute Gasteiger partial charge is 0.492 e. The first-order chi connectivity index (χ1) is 13.2. The van der Waals surface area contributed by atoms with Gasteiger partial charge in [-0.15, -0.1) is 0 Å². The van der Waals surface area contributed by atoms with Crippen LogP contribution in [0.15, 0.2) is 36.3 Å². The fourth-order valence-corrected chi connectivity index (χ4v) is 2.76. The third-order valence-corrected chi connectivity index (χ3v) is 5.15. The summed E-state index contributed by atoms with van der Waals surface area (Å²) in [5.74, 6) is 0. The summed E-state index contributed by atoms with van der Waals surface area (Å²) >= 11 is 0. The van der Waals surface area contributed by atoms with Gasteiger partial charge in [0.1, 0.15) is 5.60 Å². The van der Waals surface area contributed by atoms with E-state index in [4.69, 9.17) is 14.0 Å². The van der Waals surface area contributed by atoms with Crippen molar-refractivity contribution in [2.24, 2.45) is 0 Å². The molecule has 1 N–H and O–H groups in total. The van der Waals surface area contributed by atoms with Crippen molar-refractivity contribution in [1.29, 1.82) is 0 Å². The number of alkyl carbamates (subject to hydrolysis) is 1. The summed E-state index contributed by atoms with van der Waals surface area (Å²) in [4.78, 5) is 12.2. The van der Waals surface area contributed by atoms with E-state index in [1.165, 1.54) is 0 Å². The van der Waals surface area contributed by atoms with Crippen LogP contribution in [0.2, 0.25) is 0 Å². The Morgan fingerprint density at radius 2 is 1.66 bits per heavy atom. The summed E-state index contributed by atoms with van der Waals surface area (Å²) in [7, 11) is -0.559. The molecule has 1 aromatic rings. The second kappa shape index (κ2) is 8.37. The molecule has 5 nitrogen and oxygen atoms in total. The minimum atomic E-state index is -0.559. The summed E-state index contributed by atoms with van der Waals surface area (Å²) in [5.41, 5.74) is 2.42. The van der Waals surface area contributed by atoms with Crippen LogP contribution < -0.4 is 5.32 Å². The van der Waals surface area contributed by atoms with E-state index in [-0.39, 0.29) is 6.54 Å². The number of rotatable bonds is 5. The maximum Gasteiger partial charge on any atom is 0.492 e. The number of allylic oxidation sites excluding steroid dienone is 1. The molecule has 2 rings (SSSR count). The number of ether oxygens (including phenoxy) is 1. The number of carbonyl (C=O) groups is 1. The zero-order valence-corrected chi connectivity index (χ0v) is 19.0. The minimum Gasteiger partial charge on any atom is -0.444 e. The van der Waals surface area contributed by atoms with Crippen molar-refractivity contribution in [2.75, 3.05) is 6.54 Å². The van der Waals surface area contributed by atoms with Crippen molar-refractivity contribution in [3.63, 3.8) is 0 Å². The number of hydrogen-bond donors (Lipinski definition) is 1. The summed E-state index contributed by atoms with van der Waals surface area (Å²) in [6.07, 6.45) is 1.51. The fourth-order valence-electron chi connectivity index (χ4n) is 2.76. The smallest absolute Gasteiger partial charge is 0.444 e. The Bertz CT molecular complexity index is 772. The van der Waals surface area contributed by atoms with E-state index in [1.54, 1.807) is 0 Å². The Hall–Kier alpha value is -2.05. The first kappa shape index (κ1) is 23.2. The van der Waals surface area contributed by atoms with Gasteiger partial charge in [-0.05, 0) is 72.0 Å². The molecule has 1 saturated heterocycles. The Labute approximate surface area is 175 Å². The van der Waals surface area contributed by atoms with Crippen LogP contribution in [-0.2, 0) is 14.0 Å². The summed E-state index contributed by atoms with van der Waals surface area (Å²) < 4.78 is 17.7. The van der Waals surface area contributed by atoms with Gasteiger partial charge in [0.25, 0.3) is 0 Å². The van der Waals surface area contributed by atoms with Crippen molar-refractivity contribution in [2.45, 2.75) is 72.2 Å². The van der Waals surface area contributed by atoms with Gasteiger partial charge in [0.2, 0.25) is 0 Å². The lowest BCUT2D eigenvalue weighted by molar-refractivity contribution is 0.00578. The Kier molecular flexibility index (Phi) is 6.70.